The minimum absolute atomic E-state index is 0.142. The van der Waals surface area contributed by atoms with Gasteiger partial charge in [0.15, 0.2) is 5.78 Å². The van der Waals surface area contributed by atoms with Crippen LogP contribution in [-0.4, -0.2) is 16.9 Å². The normalized spacial score (nSPS) is 11.0. The van der Waals surface area contributed by atoms with Crippen molar-refractivity contribution in [2.45, 2.75) is 6.92 Å². The van der Waals surface area contributed by atoms with Crippen molar-refractivity contribution >= 4 is 33.3 Å². The second-order valence-corrected chi connectivity index (χ2v) is 6.32. The van der Waals surface area contributed by atoms with E-state index in [-0.39, 0.29) is 11.3 Å². The maximum atomic E-state index is 13.4. The van der Waals surface area contributed by atoms with Gasteiger partial charge in [0.2, 0.25) is 0 Å². The molecule has 0 heterocycles. The molecule has 26 heavy (non-hydrogen) atoms. The molecule has 3 nitrogen and oxygen atoms in total. The van der Waals surface area contributed by atoms with Crippen LogP contribution in [0.25, 0.3) is 21.5 Å². The van der Waals surface area contributed by atoms with Crippen LogP contribution in [0.2, 0.25) is 0 Å². The molecular weight excluding hydrogens is 324 g/mol. The lowest BCUT2D eigenvalue weighted by molar-refractivity contribution is 0.0699. The third-order valence-corrected chi connectivity index (χ3v) is 4.77. The number of hydrogen-bond donors (Lipinski definition) is 1. The summed E-state index contributed by atoms with van der Waals surface area (Å²) in [5.41, 5.74) is 2.23. The van der Waals surface area contributed by atoms with Crippen LogP contribution in [0.1, 0.15) is 31.8 Å². The molecule has 4 aromatic rings. The van der Waals surface area contributed by atoms with Crippen LogP contribution in [0.4, 0.5) is 0 Å². The summed E-state index contributed by atoms with van der Waals surface area (Å²) in [5.74, 6) is -1.20. The zero-order valence-corrected chi connectivity index (χ0v) is 14.2. The number of aryl methyl sites for hydroxylation is 1. The van der Waals surface area contributed by atoms with Crippen molar-refractivity contribution in [3.8, 4) is 0 Å². The Kier molecular flexibility index (Phi) is 3.77. The Hall–Kier alpha value is -3.46. The summed E-state index contributed by atoms with van der Waals surface area (Å²) >= 11 is 0. The van der Waals surface area contributed by atoms with Gasteiger partial charge in [-0.15, -0.1) is 0 Å². The average Bonchev–Trinajstić information content (AvgIpc) is 2.67. The first-order valence-corrected chi connectivity index (χ1v) is 8.36. The highest BCUT2D eigenvalue weighted by molar-refractivity contribution is 6.23. The Morgan fingerprint density at radius 3 is 2.04 bits per heavy atom. The van der Waals surface area contributed by atoms with E-state index in [4.69, 9.17) is 0 Å². The predicted octanol–water partition coefficient (Wildman–Crippen LogP) is 5.23. The van der Waals surface area contributed by atoms with Gasteiger partial charge in [-0.3, -0.25) is 4.79 Å². The molecule has 0 saturated carbocycles. The smallest absolute Gasteiger partial charge is 0.336 e. The minimum atomic E-state index is -1.04. The molecule has 0 aliphatic rings. The molecule has 0 radical (unpaired) electrons. The summed E-state index contributed by atoms with van der Waals surface area (Å²) in [4.78, 5) is 25.0. The van der Waals surface area contributed by atoms with Crippen molar-refractivity contribution < 1.29 is 14.7 Å². The molecule has 4 rings (SSSR count). The summed E-state index contributed by atoms with van der Waals surface area (Å²) in [6.07, 6.45) is 0. The number of ketones is 1. The first-order chi connectivity index (χ1) is 12.6. The summed E-state index contributed by atoms with van der Waals surface area (Å²) < 4.78 is 0. The summed E-state index contributed by atoms with van der Waals surface area (Å²) in [6.45, 7) is 2.01. The van der Waals surface area contributed by atoms with E-state index < -0.39 is 5.97 Å². The second-order valence-electron chi connectivity index (χ2n) is 6.32. The van der Waals surface area contributed by atoms with Crippen LogP contribution >= 0.6 is 0 Å². The molecule has 126 valence electrons. The molecule has 0 unspecified atom stereocenters. The van der Waals surface area contributed by atoms with E-state index in [1.165, 1.54) is 6.07 Å². The van der Waals surface area contributed by atoms with Crippen molar-refractivity contribution in [1.29, 1.82) is 0 Å². The fourth-order valence-corrected chi connectivity index (χ4v) is 3.50. The van der Waals surface area contributed by atoms with E-state index in [0.717, 1.165) is 21.7 Å². The molecule has 0 bridgehead atoms. The number of fused-ring (bicyclic) bond motifs is 2. The van der Waals surface area contributed by atoms with E-state index in [1.54, 1.807) is 18.2 Å². The molecule has 0 atom stereocenters. The highest BCUT2D eigenvalue weighted by atomic mass is 16.4. The van der Waals surface area contributed by atoms with Crippen LogP contribution < -0.4 is 0 Å². The molecular formula is C23H16O3. The fourth-order valence-electron chi connectivity index (χ4n) is 3.50. The van der Waals surface area contributed by atoms with Gasteiger partial charge in [-0.05, 0) is 34.7 Å². The molecule has 0 fully saturated rings. The summed E-state index contributed by atoms with van der Waals surface area (Å²) in [6, 6.07) is 21.9. The Labute approximate surface area is 150 Å². The molecule has 0 aliphatic carbocycles. The number of rotatable bonds is 3. The standard InChI is InChI=1S/C23H16O3/c1-14-12-13-18(17-9-3-2-8-16(14)17)22(24)19-10-4-6-15-7-5-11-20(21(15)19)23(25)26/h2-13H,1H3,(H,25,26). The SMILES string of the molecule is Cc1ccc(C(=O)c2cccc3cccc(C(=O)O)c23)c2ccccc12. The van der Waals surface area contributed by atoms with Crippen molar-refractivity contribution in [3.05, 3.63) is 95.1 Å². The van der Waals surface area contributed by atoms with Gasteiger partial charge in [0.05, 0.1) is 5.56 Å². The third kappa shape index (κ3) is 2.45. The average molecular weight is 340 g/mol. The monoisotopic (exact) mass is 340 g/mol. The quantitative estimate of drug-likeness (QED) is 0.520. The van der Waals surface area contributed by atoms with Gasteiger partial charge in [-0.1, -0.05) is 66.7 Å². The number of hydrogen-bond acceptors (Lipinski definition) is 2. The number of carbonyl (C=O) groups excluding carboxylic acids is 1. The van der Waals surface area contributed by atoms with Crippen LogP contribution in [0.5, 0.6) is 0 Å². The van der Waals surface area contributed by atoms with Gasteiger partial charge < -0.3 is 5.11 Å². The van der Waals surface area contributed by atoms with E-state index in [0.29, 0.717) is 16.5 Å². The highest BCUT2D eigenvalue weighted by Crippen LogP contribution is 2.29. The first kappa shape index (κ1) is 16.0. The molecule has 0 aromatic heterocycles. The van der Waals surface area contributed by atoms with Crippen LogP contribution in [-0.2, 0) is 0 Å². The Bertz CT molecular complexity index is 1180. The van der Waals surface area contributed by atoms with E-state index in [9.17, 15) is 14.7 Å². The van der Waals surface area contributed by atoms with Crippen molar-refractivity contribution in [2.75, 3.05) is 0 Å². The zero-order chi connectivity index (χ0) is 18.3. The Morgan fingerprint density at radius 2 is 1.35 bits per heavy atom. The lowest BCUT2D eigenvalue weighted by atomic mass is 9.91. The van der Waals surface area contributed by atoms with Gasteiger partial charge in [0, 0.05) is 16.5 Å². The van der Waals surface area contributed by atoms with Crippen molar-refractivity contribution in [2.24, 2.45) is 0 Å². The van der Waals surface area contributed by atoms with E-state index in [1.807, 2.05) is 55.5 Å². The Balaban J connectivity index is 2.02. The summed E-state index contributed by atoms with van der Waals surface area (Å²) in [5, 5.41) is 12.7. The third-order valence-electron chi connectivity index (χ3n) is 4.77. The molecule has 0 saturated heterocycles. The molecule has 0 spiro atoms. The van der Waals surface area contributed by atoms with Crippen LogP contribution in [0.15, 0.2) is 72.8 Å². The molecule has 0 aliphatic heterocycles. The van der Waals surface area contributed by atoms with Crippen LogP contribution in [0, 0.1) is 6.92 Å². The number of carbonyl (C=O) groups is 2. The maximum absolute atomic E-state index is 13.4. The topological polar surface area (TPSA) is 54.4 Å². The van der Waals surface area contributed by atoms with Gasteiger partial charge in [-0.2, -0.15) is 0 Å². The first-order valence-electron chi connectivity index (χ1n) is 8.36. The maximum Gasteiger partial charge on any atom is 0.336 e. The van der Waals surface area contributed by atoms with Gasteiger partial charge in [-0.25, -0.2) is 4.79 Å². The van der Waals surface area contributed by atoms with Gasteiger partial charge >= 0.3 is 5.97 Å². The van der Waals surface area contributed by atoms with E-state index >= 15 is 0 Å². The van der Waals surface area contributed by atoms with Crippen molar-refractivity contribution in [3.63, 3.8) is 0 Å². The second kappa shape index (κ2) is 6.12. The zero-order valence-electron chi connectivity index (χ0n) is 14.2. The van der Waals surface area contributed by atoms with Gasteiger partial charge in [0.1, 0.15) is 0 Å². The molecule has 4 aromatic carbocycles. The number of carboxylic acid groups (broad SMARTS) is 1. The minimum Gasteiger partial charge on any atom is -0.478 e. The highest BCUT2D eigenvalue weighted by Gasteiger charge is 2.19. The molecule has 1 N–H and O–H groups in total. The number of carboxylic acids is 1. The summed E-state index contributed by atoms with van der Waals surface area (Å²) in [7, 11) is 0. The fraction of sp³-hybridized carbons (Fsp3) is 0.0435. The lowest BCUT2D eigenvalue weighted by Crippen LogP contribution is -2.07. The number of aromatic carboxylic acids is 1. The van der Waals surface area contributed by atoms with E-state index in [2.05, 4.69) is 0 Å². The van der Waals surface area contributed by atoms with Gasteiger partial charge in [0.25, 0.3) is 0 Å². The largest absolute Gasteiger partial charge is 0.478 e. The predicted molar refractivity (Wildman–Crippen MR) is 103 cm³/mol. The van der Waals surface area contributed by atoms with Crippen LogP contribution in [0.3, 0.4) is 0 Å². The molecule has 3 heteroatoms. The van der Waals surface area contributed by atoms with Crippen molar-refractivity contribution in [1.82, 2.24) is 0 Å². The Morgan fingerprint density at radius 1 is 0.692 bits per heavy atom. The molecule has 0 amide bonds. The lowest BCUT2D eigenvalue weighted by Gasteiger charge is -2.11. The number of benzene rings is 4.